The minimum atomic E-state index is 0. The summed E-state index contributed by atoms with van der Waals surface area (Å²) >= 11 is 0. The van der Waals surface area contributed by atoms with Crippen LogP contribution in [0.1, 0.15) is 13.8 Å². The zero-order chi connectivity index (χ0) is 9.66. The summed E-state index contributed by atoms with van der Waals surface area (Å²) in [7, 11) is 0. The molecule has 0 bridgehead atoms. The largest absolute Gasteiger partial charge is 4.00 e. The van der Waals surface area contributed by atoms with Crippen molar-refractivity contribution in [1.82, 2.24) is 0 Å². The van der Waals surface area contributed by atoms with Crippen molar-refractivity contribution in [3.05, 3.63) is 0 Å². The van der Waals surface area contributed by atoms with E-state index >= 15 is 0 Å². The molecule has 0 aliphatic rings. The van der Waals surface area contributed by atoms with Gasteiger partial charge in [0.1, 0.15) is 0 Å². The molecule has 0 rings (SSSR count). The third-order valence-corrected chi connectivity index (χ3v) is 0.730. The molecular formula is C8H14O4Ti+2. The maximum atomic E-state index is 9.31. The smallest absolute Gasteiger partial charge is 0.540 e. The Bertz CT molecular complexity index is 86.1. The van der Waals surface area contributed by atoms with E-state index < -0.39 is 0 Å². The Morgan fingerprint density at radius 2 is 1.23 bits per heavy atom. The Kier molecular flexibility index (Phi) is 32.6. The second kappa shape index (κ2) is 22.7. The molecule has 0 saturated heterocycles. The van der Waals surface area contributed by atoms with Gasteiger partial charge in [-0.25, -0.2) is 12.6 Å². The molecule has 5 heteroatoms. The average molecular weight is 222 g/mol. The van der Waals surface area contributed by atoms with E-state index in [1.807, 2.05) is 13.8 Å². The summed E-state index contributed by atoms with van der Waals surface area (Å²) in [6.45, 7) is 5.06. The van der Waals surface area contributed by atoms with Crippen molar-refractivity contribution < 1.29 is 40.8 Å². The Balaban J connectivity index is -0.000000143. The van der Waals surface area contributed by atoms with Crippen LogP contribution < -0.4 is 0 Å². The molecule has 0 spiro atoms. The van der Waals surface area contributed by atoms with Gasteiger partial charge in [-0.2, -0.15) is 0 Å². The van der Waals surface area contributed by atoms with Crippen LogP contribution in [0.5, 0.6) is 0 Å². The molecule has 0 N–H and O–H groups in total. The van der Waals surface area contributed by atoms with Gasteiger partial charge in [0.2, 0.25) is 0 Å². The molecule has 0 amide bonds. The van der Waals surface area contributed by atoms with E-state index in [2.05, 4.69) is 9.47 Å². The van der Waals surface area contributed by atoms with Gasteiger partial charge >= 0.3 is 21.7 Å². The van der Waals surface area contributed by atoms with Crippen LogP contribution in [-0.2, 0) is 40.8 Å². The summed E-state index contributed by atoms with van der Waals surface area (Å²) in [6, 6.07) is 0. The summed E-state index contributed by atoms with van der Waals surface area (Å²) in [5.74, 6) is 0. The van der Waals surface area contributed by atoms with Crippen molar-refractivity contribution in [3.63, 3.8) is 0 Å². The van der Waals surface area contributed by atoms with Crippen LogP contribution in [0.15, 0.2) is 0 Å². The van der Waals surface area contributed by atoms with Gasteiger partial charge in [0.05, 0.1) is 0 Å². The van der Waals surface area contributed by atoms with Gasteiger partial charge in [-0.3, -0.25) is 0 Å². The first kappa shape index (κ1) is 18.7. The first-order valence-corrected chi connectivity index (χ1v) is 3.68. The predicted octanol–water partition coefficient (Wildman–Crippen LogP) is 0.263. The predicted molar refractivity (Wildman–Crippen MR) is 44.4 cm³/mol. The number of hydrogen-bond acceptors (Lipinski definition) is 4. The Hall–Kier alpha value is -0.0257. The molecule has 0 aromatic carbocycles. The molecule has 0 radical (unpaired) electrons. The number of rotatable bonds is 6. The molecule has 0 heterocycles. The fourth-order valence-corrected chi connectivity index (χ4v) is 0.287. The van der Waals surface area contributed by atoms with Crippen LogP contribution >= 0.6 is 0 Å². The zero-order valence-electron chi connectivity index (χ0n) is 7.96. The number of carbonyl (C=O) groups excluding carboxylic acids is 2. The molecule has 4 nitrogen and oxygen atoms in total. The van der Waals surface area contributed by atoms with Crippen molar-refractivity contribution in [1.29, 1.82) is 0 Å². The molecule has 72 valence electrons. The quantitative estimate of drug-likeness (QED) is 0.367. The minimum absolute atomic E-state index is 0. The van der Waals surface area contributed by atoms with E-state index in [1.54, 1.807) is 12.6 Å². The molecule has 0 aliphatic carbocycles. The van der Waals surface area contributed by atoms with Gasteiger partial charge in [-0.05, 0) is 27.1 Å². The average Bonchev–Trinajstić information content (AvgIpc) is 2.12. The summed E-state index contributed by atoms with van der Waals surface area (Å²) < 4.78 is 9.12. The topological polar surface area (TPSA) is 52.6 Å². The summed E-state index contributed by atoms with van der Waals surface area (Å²) in [6.07, 6.45) is 3.19. The monoisotopic (exact) mass is 222 g/mol. The van der Waals surface area contributed by atoms with Gasteiger partial charge in [0, 0.05) is 13.2 Å². The molecule has 0 saturated carbocycles. The molecular weight excluding hydrogens is 208 g/mol. The van der Waals surface area contributed by atoms with Gasteiger partial charge in [0.25, 0.3) is 0 Å². The Morgan fingerprint density at radius 3 is 1.31 bits per heavy atom. The molecule has 0 fully saturated rings. The molecule has 13 heavy (non-hydrogen) atoms. The van der Waals surface area contributed by atoms with Gasteiger partial charge in [0.15, 0.2) is 0 Å². The summed E-state index contributed by atoms with van der Waals surface area (Å²) in [5, 5.41) is 0. The normalized spacial score (nSPS) is 7.54. The van der Waals surface area contributed by atoms with Gasteiger partial charge in [-0.1, -0.05) is 0 Å². The fraction of sp³-hybridized carbons (Fsp3) is 0.750. The molecule has 0 aromatic rings. The standard InChI is InChI=1S/2C4H7O2.Ti/c2*1-2-6-4-3-5;/h2*2,4H2,1H3;/q2*-1;+4. The molecule has 0 aromatic heterocycles. The van der Waals surface area contributed by atoms with Crippen LogP contribution in [0.4, 0.5) is 0 Å². The van der Waals surface area contributed by atoms with Crippen LogP contribution in [0.3, 0.4) is 0 Å². The van der Waals surface area contributed by atoms with Gasteiger partial charge in [-0.15, -0.1) is 0 Å². The minimum Gasteiger partial charge on any atom is -0.540 e. The summed E-state index contributed by atoms with van der Waals surface area (Å²) in [5.41, 5.74) is 0. The van der Waals surface area contributed by atoms with Crippen molar-refractivity contribution in [2.24, 2.45) is 0 Å². The second-order valence-corrected chi connectivity index (χ2v) is 1.56. The third kappa shape index (κ3) is 33.4. The van der Waals surface area contributed by atoms with Gasteiger partial charge < -0.3 is 19.1 Å². The Morgan fingerprint density at radius 1 is 0.923 bits per heavy atom. The van der Waals surface area contributed by atoms with Crippen LogP contribution in [0.2, 0.25) is 0 Å². The first-order valence-electron chi connectivity index (χ1n) is 3.68. The fourth-order valence-electron chi connectivity index (χ4n) is 0.287. The van der Waals surface area contributed by atoms with Crippen LogP contribution in [0.25, 0.3) is 0 Å². The van der Waals surface area contributed by atoms with Crippen molar-refractivity contribution in [3.8, 4) is 0 Å². The maximum absolute atomic E-state index is 9.31. The van der Waals surface area contributed by atoms with E-state index in [-0.39, 0.29) is 34.9 Å². The number of hydrogen-bond donors (Lipinski definition) is 0. The van der Waals surface area contributed by atoms with Crippen LogP contribution in [-0.4, -0.2) is 39.0 Å². The summed E-state index contributed by atoms with van der Waals surface area (Å²) in [4.78, 5) is 18.6. The van der Waals surface area contributed by atoms with Crippen LogP contribution in [0, 0.1) is 0 Å². The molecule has 0 atom stereocenters. The van der Waals surface area contributed by atoms with E-state index in [0.717, 1.165) is 0 Å². The van der Waals surface area contributed by atoms with E-state index in [9.17, 15) is 9.59 Å². The van der Waals surface area contributed by atoms with E-state index in [1.165, 1.54) is 0 Å². The van der Waals surface area contributed by atoms with E-state index in [0.29, 0.717) is 13.2 Å². The molecule has 0 unspecified atom stereocenters. The zero-order valence-corrected chi connectivity index (χ0v) is 9.52. The van der Waals surface area contributed by atoms with Crippen molar-refractivity contribution >= 4 is 12.6 Å². The first-order chi connectivity index (χ1) is 5.83. The van der Waals surface area contributed by atoms with Crippen molar-refractivity contribution in [2.45, 2.75) is 13.8 Å². The number of ether oxygens (including phenoxy) is 2. The Labute approximate surface area is 93.9 Å². The van der Waals surface area contributed by atoms with E-state index in [4.69, 9.17) is 0 Å². The SMILES string of the molecule is CCOC[C-]=O.CCOC[C-]=O.[Ti+4]. The maximum Gasteiger partial charge on any atom is 4.00 e. The van der Waals surface area contributed by atoms with Crippen molar-refractivity contribution in [2.75, 3.05) is 26.4 Å². The third-order valence-electron chi connectivity index (χ3n) is 0.730. The molecule has 0 aliphatic heterocycles. The second-order valence-electron chi connectivity index (χ2n) is 1.56.